The Labute approximate surface area is 282 Å². The molecule has 47 heavy (non-hydrogen) atoms. The molecule has 2 unspecified atom stereocenters. The van der Waals surface area contributed by atoms with Gasteiger partial charge in [-0.3, -0.25) is 14.4 Å². The number of carbonyl (C=O) groups excluding carboxylic acids is 3. The standard InChI is InChI=1S/C32H38ClFN6O5S2/c1-20(30(42)35-22-12-16-37(2)17-13-22)40(47(44,45)29-18-21-8-11-27(33)36-31(21)46-29)26-6-5-15-39(32(26)43)25-10-9-23(19-24(25)34)38-14-4-3-7-28(38)41/h8-11,18-20,22,26H,3-7,12-17H2,1-2H3,(H,35,42). The predicted molar refractivity (Wildman–Crippen MR) is 180 cm³/mol. The molecule has 15 heteroatoms. The molecule has 1 N–H and O–H groups in total. The van der Waals surface area contributed by atoms with Crippen molar-refractivity contribution in [3.8, 4) is 0 Å². The number of pyridine rings is 1. The van der Waals surface area contributed by atoms with Crippen LogP contribution in [0.5, 0.6) is 0 Å². The molecule has 3 amide bonds. The molecule has 3 fully saturated rings. The lowest BCUT2D eigenvalue weighted by molar-refractivity contribution is -0.129. The van der Waals surface area contributed by atoms with Crippen molar-refractivity contribution in [3.63, 3.8) is 0 Å². The van der Waals surface area contributed by atoms with Crippen LogP contribution >= 0.6 is 22.9 Å². The highest BCUT2D eigenvalue weighted by atomic mass is 35.5. The summed E-state index contributed by atoms with van der Waals surface area (Å²) in [5.41, 5.74) is 0.410. The van der Waals surface area contributed by atoms with Gasteiger partial charge in [0.2, 0.25) is 17.7 Å². The van der Waals surface area contributed by atoms with E-state index >= 15 is 4.39 Å². The van der Waals surface area contributed by atoms with Crippen LogP contribution in [0.25, 0.3) is 10.2 Å². The van der Waals surface area contributed by atoms with E-state index < -0.39 is 39.7 Å². The van der Waals surface area contributed by atoms with E-state index in [0.717, 1.165) is 54.4 Å². The third-order valence-corrected chi connectivity index (χ3v) is 12.9. The first-order valence-corrected chi connectivity index (χ1v) is 18.6. The van der Waals surface area contributed by atoms with Gasteiger partial charge in [0.15, 0.2) is 0 Å². The highest BCUT2D eigenvalue weighted by molar-refractivity contribution is 7.91. The largest absolute Gasteiger partial charge is 0.352 e. The van der Waals surface area contributed by atoms with Crippen LogP contribution in [-0.2, 0) is 24.4 Å². The molecule has 0 bridgehead atoms. The quantitative estimate of drug-likeness (QED) is 0.345. The van der Waals surface area contributed by atoms with Crippen molar-refractivity contribution in [2.24, 2.45) is 0 Å². The number of rotatable bonds is 8. The predicted octanol–water partition coefficient (Wildman–Crippen LogP) is 4.39. The molecule has 6 rings (SSSR count). The maximum Gasteiger partial charge on any atom is 0.254 e. The molecule has 2 atom stereocenters. The van der Waals surface area contributed by atoms with Crippen molar-refractivity contribution >= 4 is 72.3 Å². The number of fused-ring (bicyclic) bond motifs is 1. The van der Waals surface area contributed by atoms with Gasteiger partial charge in [0.05, 0.1) is 5.69 Å². The summed E-state index contributed by atoms with van der Waals surface area (Å²) in [6, 6.07) is 6.38. The van der Waals surface area contributed by atoms with Gasteiger partial charge in [-0.05, 0) is 102 Å². The number of anilines is 2. The van der Waals surface area contributed by atoms with Gasteiger partial charge in [-0.1, -0.05) is 11.6 Å². The lowest BCUT2D eigenvalue weighted by Crippen LogP contribution is -2.60. The highest BCUT2D eigenvalue weighted by Gasteiger charge is 2.46. The zero-order chi connectivity index (χ0) is 33.5. The second-order valence-electron chi connectivity index (χ2n) is 12.5. The summed E-state index contributed by atoms with van der Waals surface area (Å²) in [6.45, 7) is 3.74. The smallest absolute Gasteiger partial charge is 0.254 e. The Hall–Kier alpha value is -3.17. The van der Waals surface area contributed by atoms with Crippen molar-refractivity contribution in [3.05, 3.63) is 47.4 Å². The number of hydrogen-bond donors (Lipinski definition) is 1. The highest BCUT2D eigenvalue weighted by Crippen LogP contribution is 2.36. The van der Waals surface area contributed by atoms with Gasteiger partial charge in [-0.25, -0.2) is 17.8 Å². The van der Waals surface area contributed by atoms with Crippen molar-refractivity contribution < 1.29 is 27.2 Å². The van der Waals surface area contributed by atoms with Gasteiger partial charge in [0, 0.05) is 36.6 Å². The molecule has 11 nitrogen and oxygen atoms in total. The maximum absolute atomic E-state index is 15.7. The minimum atomic E-state index is -4.43. The average Bonchev–Trinajstić information content (AvgIpc) is 3.48. The minimum absolute atomic E-state index is 0.00519. The number of nitrogens with one attached hydrogen (secondary N) is 1. The number of aromatic nitrogens is 1. The molecule has 2 aromatic heterocycles. The second-order valence-corrected chi connectivity index (χ2v) is 16.0. The van der Waals surface area contributed by atoms with E-state index in [0.29, 0.717) is 35.3 Å². The van der Waals surface area contributed by atoms with Crippen LogP contribution < -0.4 is 15.1 Å². The van der Waals surface area contributed by atoms with Gasteiger partial charge in [0.1, 0.15) is 32.1 Å². The lowest BCUT2D eigenvalue weighted by Gasteiger charge is -2.40. The van der Waals surface area contributed by atoms with Crippen LogP contribution in [0.3, 0.4) is 0 Å². The van der Waals surface area contributed by atoms with E-state index in [-0.39, 0.29) is 40.0 Å². The van der Waals surface area contributed by atoms with E-state index in [2.05, 4.69) is 15.2 Å². The van der Waals surface area contributed by atoms with Crippen LogP contribution in [0.2, 0.25) is 5.15 Å². The Kier molecular flexibility index (Phi) is 9.86. The molecule has 1 aromatic carbocycles. The van der Waals surface area contributed by atoms with Gasteiger partial charge in [-0.15, -0.1) is 11.3 Å². The molecular weight excluding hydrogens is 667 g/mol. The summed E-state index contributed by atoms with van der Waals surface area (Å²) in [5, 5.41) is 3.78. The molecule has 0 spiro atoms. The van der Waals surface area contributed by atoms with Crippen LogP contribution in [-0.4, -0.2) is 91.7 Å². The number of likely N-dealkylation sites (tertiary alicyclic amines) is 1. The molecule has 3 aliphatic rings. The topological polar surface area (TPSA) is 123 Å². The summed E-state index contributed by atoms with van der Waals surface area (Å²) in [5.74, 6) is -1.90. The molecule has 3 saturated heterocycles. The Morgan fingerprint density at radius 3 is 2.51 bits per heavy atom. The number of carbonyl (C=O) groups is 3. The Bertz CT molecular complexity index is 1800. The van der Waals surface area contributed by atoms with Gasteiger partial charge >= 0.3 is 0 Å². The first-order valence-electron chi connectivity index (χ1n) is 15.9. The van der Waals surface area contributed by atoms with Crippen LogP contribution in [0.1, 0.15) is 51.9 Å². The third kappa shape index (κ3) is 6.89. The number of benzene rings is 1. The first kappa shape index (κ1) is 33.7. The summed E-state index contributed by atoms with van der Waals surface area (Å²) in [7, 11) is -2.43. The molecule has 3 aliphatic heterocycles. The summed E-state index contributed by atoms with van der Waals surface area (Å²) in [6.07, 6.45) is 3.97. The fourth-order valence-corrected chi connectivity index (χ4v) is 10.0. The Balaban J connectivity index is 1.33. The first-order chi connectivity index (χ1) is 22.4. The third-order valence-electron chi connectivity index (χ3n) is 9.26. The van der Waals surface area contributed by atoms with E-state index in [1.807, 2.05) is 7.05 Å². The molecule has 252 valence electrons. The van der Waals surface area contributed by atoms with E-state index in [4.69, 9.17) is 11.6 Å². The average molecular weight is 705 g/mol. The number of hydrogen-bond acceptors (Lipinski definition) is 8. The normalized spacial score (nSPS) is 21.1. The van der Waals surface area contributed by atoms with E-state index in [1.165, 1.54) is 30.0 Å². The summed E-state index contributed by atoms with van der Waals surface area (Å²) >= 11 is 6.98. The second kappa shape index (κ2) is 13.7. The maximum atomic E-state index is 15.7. The Morgan fingerprint density at radius 1 is 1.04 bits per heavy atom. The van der Waals surface area contributed by atoms with Crippen molar-refractivity contribution in [2.45, 2.75) is 74.2 Å². The molecule has 0 radical (unpaired) electrons. The van der Waals surface area contributed by atoms with Crippen LogP contribution in [0.15, 0.2) is 40.6 Å². The number of amides is 3. The monoisotopic (exact) mass is 704 g/mol. The number of nitrogens with zero attached hydrogens (tertiary/aromatic N) is 5. The number of thiophene rings is 1. The molecule has 0 aliphatic carbocycles. The molecule has 5 heterocycles. The van der Waals surface area contributed by atoms with E-state index in [1.54, 1.807) is 23.1 Å². The number of piperidine rings is 3. The van der Waals surface area contributed by atoms with Gasteiger partial charge < -0.3 is 20.0 Å². The fourth-order valence-electron chi connectivity index (χ4n) is 6.63. The summed E-state index contributed by atoms with van der Waals surface area (Å²) < 4.78 is 45.6. The van der Waals surface area contributed by atoms with Crippen LogP contribution in [0.4, 0.5) is 15.8 Å². The minimum Gasteiger partial charge on any atom is -0.352 e. The van der Waals surface area contributed by atoms with Gasteiger partial charge in [-0.2, -0.15) is 4.31 Å². The number of halogens is 2. The SMILES string of the molecule is CC(C(=O)NC1CCN(C)CC1)N(C1CCCN(c2ccc(N3CCCCC3=O)cc2F)C1=O)S(=O)(=O)c1cc2ccc(Cl)nc2s1. The number of sulfonamides is 1. The molecule has 3 aromatic rings. The van der Waals surface area contributed by atoms with Crippen molar-refractivity contribution in [1.29, 1.82) is 0 Å². The summed E-state index contributed by atoms with van der Waals surface area (Å²) in [4.78, 5) is 50.0. The van der Waals surface area contributed by atoms with Crippen molar-refractivity contribution in [1.82, 2.24) is 19.5 Å². The van der Waals surface area contributed by atoms with Crippen LogP contribution in [0, 0.1) is 5.82 Å². The zero-order valence-corrected chi connectivity index (χ0v) is 28.7. The van der Waals surface area contributed by atoms with Crippen molar-refractivity contribution in [2.75, 3.05) is 43.0 Å². The fraction of sp³-hybridized carbons (Fsp3) is 0.500. The van der Waals surface area contributed by atoms with E-state index in [9.17, 15) is 22.8 Å². The molecular formula is C32H38ClFN6O5S2. The zero-order valence-electron chi connectivity index (χ0n) is 26.3. The van der Waals surface area contributed by atoms with Gasteiger partial charge in [0.25, 0.3) is 10.0 Å². The Morgan fingerprint density at radius 2 is 1.79 bits per heavy atom. The molecule has 0 saturated carbocycles. The lowest BCUT2D eigenvalue weighted by atomic mass is 10.0.